The minimum atomic E-state index is -4.19. The van der Waals surface area contributed by atoms with Crippen LogP contribution in [-0.4, -0.2) is 18.8 Å². The second kappa shape index (κ2) is 3.97. The number of rotatable bonds is 1. The van der Waals surface area contributed by atoms with E-state index in [1.54, 1.807) is 12.1 Å². The van der Waals surface area contributed by atoms with Crippen molar-refractivity contribution in [1.29, 1.82) is 0 Å². The Labute approximate surface area is 92.0 Å². The largest absolute Gasteiger partial charge is 0.410 e. The summed E-state index contributed by atoms with van der Waals surface area (Å²) in [6.45, 7) is 2.17. The zero-order chi connectivity index (χ0) is 11.8. The Bertz CT molecular complexity index is 376. The van der Waals surface area contributed by atoms with E-state index in [0.29, 0.717) is 12.2 Å². The molecule has 88 valence electrons. The van der Waals surface area contributed by atoms with Crippen molar-refractivity contribution in [2.24, 2.45) is 0 Å². The van der Waals surface area contributed by atoms with Gasteiger partial charge in [-0.3, -0.25) is 5.01 Å². The molecular formula is C11H13F3N2. The Morgan fingerprint density at radius 2 is 2.00 bits per heavy atom. The highest BCUT2D eigenvalue weighted by Crippen LogP contribution is 2.33. The van der Waals surface area contributed by atoms with Gasteiger partial charge in [-0.05, 0) is 25.0 Å². The van der Waals surface area contributed by atoms with Crippen molar-refractivity contribution in [3.05, 3.63) is 29.8 Å². The predicted molar refractivity (Wildman–Crippen MR) is 56.1 cm³/mol. The number of benzene rings is 1. The molecule has 5 heteroatoms. The maximum Gasteiger partial charge on any atom is 0.410 e. The summed E-state index contributed by atoms with van der Waals surface area (Å²) in [7, 11) is 0. The number of alkyl halides is 3. The molecule has 1 unspecified atom stereocenters. The first-order valence-electron chi connectivity index (χ1n) is 5.15. The molecule has 0 bridgehead atoms. The standard InChI is InChI=1S/C11H13F3N2/c1-8-4-2-3-5-9(8)16-10(6-7-15-16)11(12,13)14/h2-5,10,15H,6-7H2,1H3. The lowest BCUT2D eigenvalue weighted by Crippen LogP contribution is -2.45. The summed E-state index contributed by atoms with van der Waals surface area (Å²) in [5.74, 6) is 0. The van der Waals surface area contributed by atoms with Crippen LogP contribution in [0.1, 0.15) is 12.0 Å². The van der Waals surface area contributed by atoms with Crippen molar-refractivity contribution >= 4 is 5.69 Å². The second-order valence-corrected chi connectivity index (χ2v) is 3.91. The van der Waals surface area contributed by atoms with Gasteiger partial charge < -0.3 is 0 Å². The molecule has 1 saturated heterocycles. The zero-order valence-corrected chi connectivity index (χ0v) is 8.88. The average molecular weight is 230 g/mol. The van der Waals surface area contributed by atoms with Crippen molar-refractivity contribution in [2.45, 2.75) is 25.6 Å². The molecule has 0 aromatic heterocycles. The topological polar surface area (TPSA) is 15.3 Å². The van der Waals surface area contributed by atoms with Crippen molar-refractivity contribution in [2.75, 3.05) is 11.6 Å². The van der Waals surface area contributed by atoms with E-state index in [0.717, 1.165) is 5.56 Å². The predicted octanol–water partition coefficient (Wildman–Crippen LogP) is 2.64. The van der Waals surface area contributed by atoms with Gasteiger partial charge in [0.05, 0.1) is 5.69 Å². The number of nitrogens with one attached hydrogen (secondary N) is 1. The summed E-state index contributed by atoms with van der Waals surface area (Å²) in [5.41, 5.74) is 4.22. The van der Waals surface area contributed by atoms with Gasteiger partial charge in [-0.2, -0.15) is 13.2 Å². The van der Waals surface area contributed by atoms with Crippen LogP contribution in [0.5, 0.6) is 0 Å². The Hall–Kier alpha value is -1.23. The van der Waals surface area contributed by atoms with Gasteiger partial charge in [-0.15, -0.1) is 0 Å². The van der Waals surface area contributed by atoms with Crippen molar-refractivity contribution in [3.8, 4) is 0 Å². The fourth-order valence-corrected chi connectivity index (χ4v) is 1.96. The number of aryl methyl sites for hydroxylation is 1. The van der Waals surface area contributed by atoms with Gasteiger partial charge in [0.25, 0.3) is 0 Å². The van der Waals surface area contributed by atoms with E-state index in [4.69, 9.17) is 0 Å². The van der Waals surface area contributed by atoms with Gasteiger partial charge in [0.1, 0.15) is 6.04 Å². The van der Waals surface area contributed by atoms with E-state index < -0.39 is 12.2 Å². The summed E-state index contributed by atoms with van der Waals surface area (Å²) in [6.07, 6.45) is -4.09. The highest BCUT2D eigenvalue weighted by atomic mass is 19.4. The maximum absolute atomic E-state index is 12.7. The third kappa shape index (κ3) is 2.00. The molecule has 1 atom stereocenters. The Morgan fingerprint density at radius 3 is 2.62 bits per heavy atom. The Balaban J connectivity index is 2.31. The number of nitrogens with zero attached hydrogens (tertiary/aromatic N) is 1. The molecule has 1 aromatic rings. The van der Waals surface area contributed by atoms with E-state index in [1.165, 1.54) is 5.01 Å². The highest BCUT2D eigenvalue weighted by Gasteiger charge is 2.46. The van der Waals surface area contributed by atoms with Gasteiger partial charge in [0.2, 0.25) is 0 Å². The van der Waals surface area contributed by atoms with E-state index in [9.17, 15) is 13.2 Å². The molecule has 0 radical (unpaired) electrons. The van der Waals surface area contributed by atoms with Gasteiger partial charge in [-0.25, -0.2) is 5.43 Å². The highest BCUT2D eigenvalue weighted by molar-refractivity contribution is 5.53. The first-order chi connectivity index (χ1) is 7.50. The normalized spacial score (nSPS) is 21.5. The molecule has 16 heavy (non-hydrogen) atoms. The summed E-state index contributed by atoms with van der Waals surface area (Å²) < 4.78 is 38.2. The van der Waals surface area contributed by atoms with E-state index in [-0.39, 0.29) is 6.42 Å². The lowest BCUT2D eigenvalue weighted by atomic mass is 10.1. The number of halogens is 3. The Kier molecular flexibility index (Phi) is 2.80. The second-order valence-electron chi connectivity index (χ2n) is 3.91. The van der Waals surface area contributed by atoms with E-state index in [1.807, 2.05) is 19.1 Å². The number of hydrogen-bond acceptors (Lipinski definition) is 2. The molecule has 2 nitrogen and oxygen atoms in total. The average Bonchev–Trinajstić information content (AvgIpc) is 2.66. The van der Waals surface area contributed by atoms with E-state index in [2.05, 4.69) is 5.43 Å². The molecule has 2 rings (SSSR count). The smallest absolute Gasteiger partial charge is 0.296 e. The van der Waals surface area contributed by atoms with Crippen LogP contribution < -0.4 is 10.4 Å². The molecule has 1 heterocycles. The van der Waals surface area contributed by atoms with E-state index >= 15 is 0 Å². The number of anilines is 1. The fraction of sp³-hybridized carbons (Fsp3) is 0.455. The molecule has 0 saturated carbocycles. The van der Waals surface area contributed by atoms with Crippen LogP contribution in [-0.2, 0) is 0 Å². The lowest BCUT2D eigenvalue weighted by molar-refractivity contribution is -0.146. The van der Waals surface area contributed by atoms with Gasteiger partial charge in [-0.1, -0.05) is 18.2 Å². The fourth-order valence-electron chi connectivity index (χ4n) is 1.96. The van der Waals surface area contributed by atoms with Gasteiger partial charge in [0.15, 0.2) is 0 Å². The quantitative estimate of drug-likeness (QED) is 0.797. The van der Waals surface area contributed by atoms with Crippen molar-refractivity contribution in [1.82, 2.24) is 5.43 Å². The molecule has 0 amide bonds. The van der Waals surface area contributed by atoms with Crippen LogP contribution >= 0.6 is 0 Å². The van der Waals surface area contributed by atoms with Crippen LogP contribution in [0.15, 0.2) is 24.3 Å². The molecule has 1 N–H and O–H groups in total. The molecule has 1 aliphatic rings. The lowest BCUT2D eigenvalue weighted by Gasteiger charge is -2.29. The van der Waals surface area contributed by atoms with Crippen molar-refractivity contribution in [3.63, 3.8) is 0 Å². The summed E-state index contributed by atoms with van der Waals surface area (Å²) in [5, 5.41) is 1.23. The molecule has 1 aliphatic heterocycles. The maximum atomic E-state index is 12.7. The minimum absolute atomic E-state index is 0.0951. The third-order valence-corrected chi connectivity index (χ3v) is 2.76. The minimum Gasteiger partial charge on any atom is -0.296 e. The van der Waals surface area contributed by atoms with Crippen LogP contribution in [0.25, 0.3) is 0 Å². The van der Waals surface area contributed by atoms with Crippen molar-refractivity contribution < 1.29 is 13.2 Å². The summed E-state index contributed by atoms with van der Waals surface area (Å²) in [4.78, 5) is 0. The Morgan fingerprint density at radius 1 is 1.31 bits per heavy atom. The number of hydrazine groups is 1. The molecule has 1 aromatic carbocycles. The SMILES string of the molecule is Cc1ccccc1N1NCCC1C(F)(F)F. The first-order valence-corrected chi connectivity index (χ1v) is 5.15. The van der Waals surface area contributed by atoms with Gasteiger partial charge >= 0.3 is 6.18 Å². The molecule has 0 spiro atoms. The van der Waals surface area contributed by atoms with Crippen LogP contribution in [0.3, 0.4) is 0 Å². The first kappa shape index (κ1) is 11.3. The molecular weight excluding hydrogens is 217 g/mol. The summed E-state index contributed by atoms with van der Waals surface area (Å²) >= 11 is 0. The van der Waals surface area contributed by atoms with Crippen LogP contribution in [0.4, 0.5) is 18.9 Å². The van der Waals surface area contributed by atoms with Gasteiger partial charge in [0, 0.05) is 6.54 Å². The van der Waals surface area contributed by atoms with Crippen LogP contribution in [0, 0.1) is 6.92 Å². The van der Waals surface area contributed by atoms with Crippen LogP contribution in [0.2, 0.25) is 0 Å². The summed E-state index contributed by atoms with van der Waals surface area (Å²) in [6, 6.07) is 5.65. The molecule has 0 aliphatic carbocycles. The zero-order valence-electron chi connectivity index (χ0n) is 8.88. The molecule has 1 fully saturated rings. The number of hydrogen-bond donors (Lipinski definition) is 1. The monoisotopic (exact) mass is 230 g/mol. The third-order valence-electron chi connectivity index (χ3n) is 2.76. The number of para-hydroxylation sites is 1.